The van der Waals surface area contributed by atoms with Crippen LogP contribution < -0.4 is 0 Å². The van der Waals surface area contributed by atoms with E-state index in [0.29, 0.717) is 18.0 Å². The van der Waals surface area contributed by atoms with E-state index >= 15 is 0 Å². The van der Waals surface area contributed by atoms with Crippen LogP contribution in [0.4, 0.5) is 0 Å². The summed E-state index contributed by atoms with van der Waals surface area (Å²) in [4.78, 5) is 15.1. The molecule has 8 heteroatoms. The van der Waals surface area contributed by atoms with Crippen molar-refractivity contribution in [3.8, 4) is 0 Å². The van der Waals surface area contributed by atoms with E-state index in [-0.39, 0.29) is 11.9 Å². The van der Waals surface area contributed by atoms with Crippen LogP contribution in [0.25, 0.3) is 11.0 Å². The second-order valence-corrected chi connectivity index (χ2v) is 7.73. The zero-order valence-corrected chi connectivity index (χ0v) is 16.8. The number of benzene rings is 2. The molecular formula is C21H19ClN6O. The molecule has 7 nitrogen and oxygen atoms in total. The number of nitrogens with one attached hydrogen (secondary N) is 1. The van der Waals surface area contributed by atoms with Crippen LogP contribution in [0.3, 0.4) is 0 Å². The van der Waals surface area contributed by atoms with Crippen molar-refractivity contribution in [1.29, 1.82) is 0 Å². The molecular weight excluding hydrogens is 388 g/mol. The van der Waals surface area contributed by atoms with Crippen LogP contribution in [0.15, 0.2) is 42.5 Å². The number of aromatic amines is 1. The van der Waals surface area contributed by atoms with Gasteiger partial charge in [-0.3, -0.25) is 9.48 Å². The molecule has 1 N–H and O–H groups in total. The number of H-pyrrole nitrogens is 1. The second kappa shape index (κ2) is 6.70. The van der Waals surface area contributed by atoms with Crippen molar-refractivity contribution in [3.05, 3.63) is 75.6 Å². The maximum atomic E-state index is 13.2. The monoisotopic (exact) mass is 406 g/mol. The number of nitrogens with zero attached hydrogens (tertiary/aromatic N) is 5. The molecule has 5 rings (SSSR count). The summed E-state index contributed by atoms with van der Waals surface area (Å²) >= 11 is 6.51. The van der Waals surface area contributed by atoms with Crippen LogP contribution in [-0.2, 0) is 20.0 Å². The van der Waals surface area contributed by atoms with Crippen LogP contribution in [0.1, 0.15) is 38.9 Å². The van der Waals surface area contributed by atoms with Crippen molar-refractivity contribution in [1.82, 2.24) is 30.1 Å². The van der Waals surface area contributed by atoms with Gasteiger partial charge in [0.1, 0.15) is 11.0 Å². The zero-order valence-electron chi connectivity index (χ0n) is 16.1. The first-order chi connectivity index (χ1) is 14.0. The summed E-state index contributed by atoms with van der Waals surface area (Å²) < 4.78 is 1.81. The molecule has 0 aliphatic carbocycles. The van der Waals surface area contributed by atoms with Gasteiger partial charge in [0.25, 0.3) is 5.91 Å². The molecule has 0 bridgehead atoms. The van der Waals surface area contributed by atoms with Gasteiger partial charge < -0.3 is 4.90 Å². The Morgan fingerprint density at radius 3 is 2.72 bits per heavy atom. The Balaban J connectivity index is 1.54. The molecule has 1 aliphatic rings. The number of carbonyl (C=O) groups excluding carboxylic acids is 1. The highest BCUT2D eigenvalue weighted by Crippen LogP contribution is 2.38. The summed E-state index contributed by atoms with van der Waals surface area (Å²) in [5.41, 5.74) is 6.09. The lowest BCUT2D eigenvalue weighted by atomic mass is 10.0. The van der Waals surface area contributed by atoms with Gasteiger partial charge >= 0.3 is 0 Å². The van der Waals surface area contributed by atoms with Gasteiger partial charge in [-0.15, -0.1) is 0 Å². The Kier molecular flexibility index (Phi) is 4.13. The van der Waals surface area contributed by atoms with E-state index < -0.39 is 0 Å². The van der Waals surface area contributed by atoms with Gasteiger partial charge in [-0.2, -0.15) is 20.5 Å². The molecule has 4 aromatic rings. The van der Waals surface area contributed by atoms with Crippen LogP contribution in [0, 0.1) is 6.92 Å². The van der Waals surface area contributed by atoms with Gasteiger partial charge in [-0.25, -0.2) is 0 Å². The highest BCUT2D eigenvalue weighted by atomic mass is 35.5. The topological polar surface area (TPSA) is 79.7 Å². The molecule has 0 radical (unpaired) electrons. The van der Waals surface area contributed by atoms with Gasteiger partial charge in [0.05, 0.1) is 22.5 Å². The Labute approximate surface area is 172 Å². The Bertz CT molecular complexity index is 1240. The SMILES string of the molecule is Cc1nn(C)c(CC2c3ccccc3C(=O)N2Cc2ccc3n[nH]nc3c2)c1Cl. The third-order valence-electron chi connectivity index (χ3n) is 5.57. The highest BCUT2D eigenvalue weighted by molar-refractivity contribution is 6.31. The molecule has 0 fully saturated rings. The lowest BCUT2D eigenvalue weighted by molar-refractivity contribution is 0.0708. The highest BCUT2D eigenvalue weighted by Gasteiger charge is 2.37. The molecule has 2 aromatic carbocycles. The molecule has 2 aromatic heterocycles. The second-order valence-electron chi connectivity index (χ2n) is 7.36. The molecule has 1 amide bonds. The fourth-order valence-electron chi connectivity index (χ4n) is 4.11. The van der Waals surface area contributed by atoms with Gasteiger partial charge in [-0.05, 0) is 36.2 Å². The third-order valence-corrected chi connectivity index (χ3v) is 6.06. The first kappa shape index (κ1) is 17.9. The first-order valence-electron chi connectivity index (χ1n) is 9.40. The summed E-state index contributed by atoms with van der Waals surface area (Å²) in [6.07, 6.45) is 0.602. The van der Waals surface area contributed by atoms with Gasteiger partial charge in [0.2, 0.25) is 0 Å². The minimum absolute atomic E-state index is 0.0286. The Morgan fingerprint density at radius 2 is 1.93 bits per heavy atom. The van der Waals surface area contributed by atoms with Crippen molar-refractivity contribution >= 4 is 28.5 Å². The van der Waals surface area contributed by atoms with Gasteiger partial charge in [-0.1, -0.05) is 35.9 Å². The minimum Gasteiger partial charge on any atom is -0.327 e. The molecule has 1 aliphatic heterocycles. The van der Waals surface area contributed by atoms with E-state index in [1.165, 1.54) is 0 Å². The van der Waals surface area contributed by atoms with E-state index in [1.54, 1.807) is 0 Å². The average molecular weight is 407 g/mol. The summed E-state index contributed by atoms with van der Waals surface area (Å²) in [5, 5.41) is 16.0. The third kappa shape index (κ3) is 2.89. The summed E-state index contributed by atoms with van der Waals surface area (Å²) in [5.74, 6) is 0.0286. The van der Waals surface area contributed by atoms with Crippen molar-refractivity contribution in [2.45, 2.75) is 25.9 Å². The van der Waals surface area contributed by atoms with Crippen LogP contribution in [-0.4, -0.2) is 36.0 Å². The van der Waals surface area contributed by atoms with Crippen LogP contribution in [0.2, 0.25) is 5.02 Å². The normalized spacial score (nSPS) is 16.0. The van der Waals surface area contributed by atoms with Gasteiger partial charge in [0.15, 0.2) is 0 Å². The first-order valence-corrected chi connectivity index (χ1v) is 9.78. The Morgan fingerprint density at radius 1 is 1.14 bits per heavy atom. The van der Waals surface area contributed by atoms with E-state index in [0.717, 1.165) is 39.1 Å². The summed E-state index contributed by atoms with van der Waals surface area (Å²) in [6, 6.07) is 13.5. The largest absolute Gasteiger partial charge is 0.327 e. The number of aromatic nitrogens is 5. The number of hydrogen-bond donors (Lipinski definition) is 1. The van der Waals surface area contributed by atoms with Crippen LogP contribution in [0.5, 0.6) is 0 Å². The number of hydrogen-bond acceptors (Lipinski definition) is 4. The molecule has 1 unspecified atom stereocenters. The Hall–Kier alpha value is -3.19. The minimum atomic E-state index is -0.112. The van der Waals surface area contributed by atoms with Crippen LogP contribution >= 0.6 is 11.6 Å². The quantitative estimate of drug-likeness (QED) is 0.561. The van der Waals surface area contributed by atoms with E-state index in [4.69, 9.17) is 11.6 Å². The molecule has 1 atom stereocenters. The zero-order chi connectivity index (χ0) is 20.1. The number of amides is 1. The van der Waals surface area contributed by atoms with Crippen molar-refractivity contribution < 1.29 is 4.79 Å². The number of fused-ring (bicyclic) bond motifs is 2. The molecule has 146 valence electrons. The van der Waals surface area contributed by atoms with E-state index in [2.05, 4.69) is 20.5 Å². The summed E-state index contributed by atoms with van der Waals surface area (Å²) in [6.45, 7) is 2.37. The standard InChI is InChI=1S/C21H19ClN6O/c1-12-20(22)19(27(2)25-12)10-18-14-5-3-4-6-15(14)21(29)28(18)11-13-7-8-16-17(9-13)24-26-23-16/h3-9,18H,10-11H2,1-2H3,(H,23,24,26). The lowest BCUT2D eigenvalue weighted by Gasteiger charge is -2.26. The lowest BCUT2D eigenvalue weighted by Crippen LogP contribution is -2.29. The predicted molar refractivity (Wildman–Crippen MR) is 110 cm³/mol. The number of aryl methyl sites for hydroxylation is 2. The maximum absolute atomic E-state index is 13.2. The van der Waals surface area contributed by atoms with E-state index in [9.17, 15) is 4.79 Å². The fourth-order valence-corrected chi connectivity index (χ4v) is 4.35. The number of carbonyl (C=O) groups is 1. The van der Waals surface area contributed by atoms with Crippen molar-refractivity contribution in [2.24, 2.45) is 7.05 Å². The average Bonchev–Trinajstić information content (AvgIpc) is 3.35. The van der Waals surface area contributed by atoms with E-state index in [1.807, 2.05) is 66.0 Å². The smallest absolute Gasteiger partial charge is 0.255 e. The molecule has 3 heterocycles. The van der Waals surface area contributed by atoms with Crippen molar-refractivity contribution in [3.63, 3.8) is 0 Å². The molecule has 0 saturated carbocycles. The van der Waals surface area contributed by atoms with Crippen molar-refractivity contribution in [2.75, 3.05) is 0 Å². The number of halogens is 1. The molecule has 0 saturated heterocycles. The summed E-state index contributed by atoms with van der Waals surface area (Å²) in [7, 11) is 1.89. The molecule has 29 heavy (non-hydrogen) atoms. The van der Waals surface area contributed by atoms with Gasteiger partial charge in [0, 0.05) is 25.6 Å². The fraction of sp³-hybridized carbons (Fsp3) is 0.238. The number of rotatable bonds is 4. The predicted octanol–water partition coefficient (Wildman–Crippen LogP) is 3.59. The molecule has 0 spiro atoms. The maximum Gasteiger partial charge on any atom is 0.255 e.